The third-order valence-electron chi connectivity index (χ3n) is 18.3. The average molecular weight is 1300 g/mol. The Morgan fingerprint density at radius 2 is 0.686 bits per heavy atom. The monoisotopic (exact) mass is 1300 g/mol. The maximum atomic E-state index is 12.5. The largest absolute Gasteiger partial charge is 0.426 e. The third-order valence-corrected chi connectivity index (χ3v) is 26.5. The van der Waals surface area contributed by atoms with Gasteiger partial charge in [0.2, 0.25) is 25.0 Å². The summed E-state index contributed by atoms with van der Waals surface area (Å²) in [5, 5.41) is 31.5. The van der Waals surface area contributed by atoms with Crippen LogP contribution in [-0.2, 0) is 13.3 Å². The van der Waals surface area contributed by atoms with Gasteiger partial charge in [-0.1, -0.05) is 155 Å². The molecule has 11 unspecified atom stereocenters. The molecule has 3 aromatic rings. The number of aliphatic hydroxyl groups excluding tert-OH is 1. The summed E-state index contributed by atoms with van der Waals surface area (Å²) in [6.45, 7) is 14.1. The Balaban J connectivity index is -0.000000957. The summed E-state index contributed by atoms with van der Waals surface area (Å²) < 4.78 is 165. The molecule has 0 spiro atoms. The molecule has 6 bridgehead atoms. The van der Waals surface area contributed by atoms with Gasteiger partial charge in [-0.2, -0.15) is 52.7 Å². The van der Waals surface area contributed by atoms with E-state index in [1.807, 2.05) is 18.2 Å². The summed E-state index contributed by atoms with van der Waals surface area (Å²) in [7, 11) is 0.713. The Morgan fingerprint density at radius 3 is 0.895 bits per heavy atom. The number of fused-ring (bicyclic) bond motifs is 6. The van der Waals surface area contributed by atoms with Crippen molar-refractivity contribution in [3.63, 3.8) is 0 Å². The first-order valence-electron chi connectivity index (χ1n) is 28.0. The maximum Gasteiger partial charge on any atom is 0.426 e. The molecule has 0 saturated heterocycles. The fourth-order valence-electron chi connectivity index (χ4n) is 12.6. The van der Waals surface area contributed by atoms with Gasteiger partial charge in [-0.15, -0.1) is 0 Å². The lowest BCUT2D eigenvalue weighted by molar-refractivity contribution is -0.373. The van der Waals surface area contributed by atoms with Gasteiger partial charge in [0.05, 0.1) is 0 Å². The second kappa shape index (κ2) is 35.7. The number of alkyl halides is 12. The Morgan fingerprint density at radius 1 is 0.419 bits per heavy atom. The van der Waals surface area contributed by atoms with Crippen molar-refractivity contribution in [2.45, 2.75) is 229 Å². The maximum absolute atomic E-state index is 12.5. The molecule has 9 rings (SSSR count). The molecule has 3 N–H and O–H groups in total. The molecule has 0 aromatic heterocycles. The van der Waals surface area contributed by atoms with Crippen molar-refractivity contribution in [1.82, 2.24) is 0 Å². The van der Waals surface area contributed by atoms with Crippen LogP contribution >= 0.6 is 0 Å². The lowest BCUT2D eigenvalue weighted by Gasteiger charge is -2.36. The fraction of sp³-hybridized carbons (Fsp3) is 0.723. The predicted octanol–water partition coefficient (Wildman–Crippen LogP) is 18.6. The van der Waals surface area contributed by atoms with Gasteiger partial charge in [0, 0.05) is 21.3 Å². The third kappa shape index (κ3) is 24.5. The van der Waals surface area contributed by atoms with Gasteiger partial charge in [0.25, 0.3) is 5.60 Å². The first kappa shape index (κ1) is 87.4. The summed E-state index contributed by atoms with van der Waals surface area (Å²) in [6, 6.07) is 31.3. The highest BCUT2D eigenvalue weighted by molar-refractivity contribution is 6.85. The van der Waals surface area contributed by atoms with E-state index in [-0.39, 0.29) is 81.1 Å². The van der Waals surface area contributed by atoms with Crippen molar-refractivity contribution in [1.29, 1.82) is 0 Å². The van der Waals surface area contributed by atoms with Gasteiger partial charge in [0.1, 0.15) is 6.10 Å². The molecule has 21 heteroatoms. The molecule has 6 aliphatic rings. The summed E-state index contributed by atoms with van der Waals surface area (Å²) in [6.07, 6.45) is -12.7. The Labute approximate surface area is 514 Å². The van der Waals surface area contributed by atoms with E-state index in [0.717, 1.165) is 51.9 Å². The van der Waals surface area contributed by atoms with E-state index in [9.17, 15) is 57.8 Å². The molecule has 0 aliphatic heterocycles. The Bertz CT molecular complexity index is 2130. The molecule has 6 aliphatic carbocycles. The van der Waals surface area contributed by atoms with Crippen LogP contribution in [0.25, 0.3) is 0 Å². The van der Waals surface area contributed by atoms with Gasteiger partial charge in [-0.05, 0) is 192 Å². The van der Waals surface area contributed by atoms with Crippen LogP contribution in [0.4, 0.5) is 52.7 Å². The van der Waals surface area contributed by atoms with Crippen LogP contribution in [0, 0.1) is 53.3 Å². The summed E-state index contributed by atoms with van der Waals surface area (Å²) in [5.74, 6) is 1.84. The van der Waals surface area contributed by atoms with E-state index in [1.54, 1.807) is 21.3 Å². The van der Waals surface area contributed by atoms with Crippen molar-refractivity contribution in [3.8, 4) is 0 Å². The fourth-order valence-corrected chi connectivity index (χ4v) is 16.3. The molecule has 86 heavy (non-hydrogen) atoms. The minimum atomic E-state index is -5.67. The van der Waals surface area contributed by atoms with Gasteiger partial charge >= 0.3 is 24.7 Å². The highest BCUT2D eigenvalue weighted by Crippen LogP contribution is 2.56. The molecule has 6 fully saturated rings. The van der Waals surface area contributed by atoms with Crippen molar-refractivity contribution >= 4 is 40.5 Å². The van der Waals surface area contributed by atoms with E-state index in [2.05, 4.69) is 112 Å². The van der Waals surface area contributed by atoms with E-state index >= 15 is 0 Å². The lowest BCUT2D eigenvalue weighted by atomic mass is 9.79. The van der Waals surface area contributed by atoms with Crippen LogP contribution in [-0.4, -0.2) is 104 Å². The van der Waals surface area contributed by atoms with Crippen molar-refractivity contribution in [2.24, 2.45) is 53.3 Å². The minimum Gasteiger partial charge on any atom is -0.416 e. The summed E-state index contributed by atoms with van der Waals surface area (Å²) >= 11 is 0. The van der Waals surface area contributed by atoms with Crippen LogP contribution in [0.3, 0.4) is 0 Å². The molecule has 3 aromatic carbocycles. The van der Waals surface area contributed by atoms with Crippen LogP contribution in [0.2, 0.25) is 39.3 Å². The molecule has 6 nitrogen and oxygen atoms in total. The van der Waals surface area contributed by atoms with Crippen molar-refractivity contribution in [2.75, 3.05) is 21.3 Å². The second-order valence-electron chi connectivity index (χ2n) is 24.9. The molecule has 0 radical (unpaired) electrons. The van der Waals surface area contributed by atoms with Crippen LogP contribution in [0.5, 0.6) is 0 Å². The molecule has 11 atom stereocenters. The highest BCUT2D eigenvalue weighted by Gasteiger charge is 2.71. The smallest absolute Gasteiger partial charge is 0.416 e. The van der Waals surface area contributed by atoms with Gasteiger partial charge in [-0.25, -0.2) is 0 Å². The Hall–Kier alpha value is -2.77. The van der Waals surface area contributed by atoms with E-state index in [4.69, 9.17) is 23.5 Å². The standard InChI is InChI=1S/C11H14F6O.C11H17F3O.C10H15F3O.3C9H14OSi.6CH4/c12-10(13,14)9(18,11(15,16)17)5-8-4-6-1-2-7(8)3-6;1-10(15,11(12,13)14)6-9-5-7-2-3-8(9)4-7;11-10(12,13)9(14)5-8-4-6-1-2-7(8)3-6;3*1-10-11(2,3)9-7-5-4-6-8-9;;;;;;/h6-8,18H,1-5H2;7-9,15H,2-6H2,1H3;6-9,14H,1-5H2;3*4-8H,1-3H3;6*1H4. The summed E-state index contributed by atoms with van der Waals surface area (Å²) in [5.41, 5.74) is -7.06. The number of halogens is 12. The number of aliphatic hydroxyl groups is 3. The number of hydrogen-bond donors (Lipinski definition) is 3. The second-order valence-corrected chi connectivity index (χ2v) is 36.9. The first-order valence-corrected chi connectivity index (χ1v) is 36.7. The molecular formula is C65H112F12O6Si3. The molecular weight excluding hydrogens is 1190 g/mol. The SMILES string of the molecule is C.C.C.C.C.C.CC(O)(CC1CC2CCC1C2)C(F)(F)F.CO[Si](C)(C)c1ccccc1.CO[Si](C)(C)c1ccccc1.CO[Si](C)(C)c1ccccc1.OC(CC1CC2CCC1C2)(C(F)(F)F)C(F)(F)F.OC(CC1CC2CCC1C2)C(F)(F)F. The Kier molecular flexibility index (Phi) is 36.3. The van der Waals surface area contributed by atoms with Crippen LogP contribution < -0.4 is 15.6 Å². The number of hydrogen-bond acceptors (Lipinski definition) is 6. The average Bonchev–Trinajstić information content (AvgIpc) is 1.60. The predicted molar refractivity (Wildman–Crippen MR) is 339 cm³/mol. The van der Waals surface area contributed by atoms with Crippen molar-refractivity contribution in [3.05, 3.63) is 91.0 Å². The quantitative estimate of drug-likeness (QED) is 0.124. The molecule has 0 amide bonds. The van der Waals surface area contributed by atoms with Gasteiger partial charge in [-0.3, -0.25) is 0 Å². The zero-order valence-corrected chi connectivity index (χ0v) is 51.1. The molecule has 504 valence electrons. The first-order chi connectivity index (χ1) is 36.8. The summed E-state index contributed by atoms with van der Waals surface area (Å²) in [4.78, 5) is 0. The molecule has 6 saturated carbocycles. The van der Waals surface area contributed by atoms with Crippen molar-refractivity contribution < 1.29 is 81.3 Å². The van der Waals surface area contributed by atoms with Crippen LogP contribution in [0.1, 0.15) is 148 Å². The zero-order valence-electron chi connectivity index (χ0n) is 48.1. The minimum absolute atomic E-state index is 0. The number of rotatable bonds is 12. The highest BCUT2D eigenvalue weighted by atomic mass is 28.4. The van der Waals surface area contributed by atoms with Gasteiger partial charge in [0.15, 0.2) is 5.60 Å². The number of benzene rings is 3. The molecule has 0 heterocycles. The zero-order chi connectivity index (χ0) is 60.3. The van der Waals surface area contributed by atoms with E-state index < -0.39 is 79.3 Å². The van der Waals surface area contributed by atoms with Gasteiger partial charge < -0.3 is 28.6 Å². The topological polar surface area (TPSA) is 88.4 Å². The van der Waals surface area contributed by atoms with E-state index in [1.165, 1.54) is 28.4 Å². The van der Waals surface area contributed by atoms with Crippen LogP contribution in [0.15, 0.2) is 91.0 Å². The normalized spacial score (nSPS) is 24.6. The van der Waals surface area contributed by atoms with E-state index in [0.29, 0.717) is 42.9 Å². The lowest BCUT2D eigenvalue weighted by Crippen LogP contribution is -2.58.